The van der Waals surface area contributed by atoms with E-state index in [9.17, 15) is 28.2 Å². The molecule has 0 aromatic rings. The van der Waals surface area contributed by atoms with Crippen molar-refractivity contribution < 1.29 is 42.4 Å². The molecule has 1 amide bonds. The summed E-state index contributed by atoms with van der Waals surface area (Å²) in [5, 5.41) is 22.7. The Labute approximate surface area is 210 Å². The van der Waals surface area contributed by atoms with Gasteiger partial charge in [0, 0.05) is 12.5 Å². The Kier molecular flexibility index (Phi) is 8.77. The summed E-state index contributed by atoms with van der Waals surface area (Å²) in [6.45, 7) is 9.19. The molecule has 1 spiro atoms. The number of aliphatic hydroxyl groups excluding tert-OH is 2. The molecule has 0 unspecified atom stereocenters. The van der Waals surface area contributed by atoms with Gasteiger partial charge in [0.1, 0.15) is 17.8 Å². The minimum atomic E-state index is -4.59. The largest absolute Gasteiger partial charge is 0.416 e. The molecule has 7 nitrogen and oxygen atoms in total. The van der Waals surface area contributed by atoms with Crippen LogP contribution < -0.4 is 5.32 Å². The third-order valence-electron chi connectivity index (χ3n) is 6.98. The number of rotatable bonds is 7. The van der Waals surface area contributed by atoms with Gasteiger partial charge in [-0.05, 0) is 46.5 Å². The topological polar surface area (TPSA) is 101 Å². The molecular formula is C26H38F3NO6. The fraction of sp³-hybridized carbons (Fsp3) is 0.731. The van der Waals surface area contributed by atoms with E-state index in [4.69, 9.17) is 14.2 Å². The van der Waals surface area contributed by atoms with Crippen molar-refractivity contribution in [3.05, 3.63) is 36.0 Å². The molecular weight excluding hydrogens is 479 g/mol. The predicted octanol–water partition coefficient (Wildman–Crippen LogP) is 3.35. The SMILES string of the molecule is C[C@@H](O)/C=C\C(=O)N[C@@H]1C[C@H](C)[C@H](C/C=C(/C=C/[C@H]2OC(C)(C)C[C@@]3(CO3)[C@@H]2O)C(F)(F)F)O[C@@H]1C. The number of hydrogen-bond donors (Lipinski definition) is 3. The van der Waals surface area contributed by atoms with Crippen LogP contribution in [0.3, 0.4) is 0 Å². The van der Waals surface area contributed by atoms with Crippen molar-refractivity contribution >= 4 is 5.91 Å². The highest BCUT2D eigenvalue weighted by atomic mass is 19.4. The van der Waals surface area contributed by atoms with Crippen molar-refractivity contribution in [3.8, 4) is 0 Å². The Hall–Kier alpha value is -1.72. The maximum Gasteiger partial charge on any atom is 0.416 e. The van der Waals surface area contributed by atoms with E-state index in [1.807, 2.05) is 20.8 Å². The summed E-state index contributed by atoms with van der Waals surface area (Å²) in [5.74, 6) is -0.460. The second kappa shape index (κ2) is 10.9. The van der Waals surface area contributed by atoms with Gasteiger partial charge in [0.05, 0.1) is 42.1 Å². The van der Waals surface area contributed by atoms with E-state index in [-0.39, 0.29) is 24.3 Å². The van der Waals surface area contributed by atoms with Crippen LogP contribution in [0.5, 0.6) is 0 Å². The van der Waals surface area contributed by atoms with E-state index >= 15 is 0 Å². The number of allylic oxidation sites excluding steroid dienone is 2. The van der Waals surface area contributed by atoms with E-state index in [2.05, 4.69) is 5.32 Å². The van der Waals surface area contributed by atoms with Crippen LogP contribution in [0.25, 0.3) is 0 Å². The van der Waals surface area contributed by atoms with Crippen molar-refractivity contribution in [2.24, 2.45) is 5.92 Å². The van der Waals surface area contributed by atoms with E-state index in [1.54, 1.807) is 6.92 Å². The van der Waals surface area contributed by atoms with Crippen molar-refractivity contribution in [1.82, 2.24) is 5.32 Å². The molecule has 0 aliphatic carbocycles. The van der Waals surface area contributed by atoms with Gasteiger partial charge < -0.3 is 29.7 Å². The minimum absolute atomic E-state index is 0.0416. The summed E-state index contributed by atoms with van der Waals surface area (Å²) in [6, 6.07) is -0.293. The number of epoxide rings is 1. The molecule has 0 saturated carbocycles. The van der Waals surface area contributed by atoms with Crippen LogP contribution in [-0.4, -0.2) is 76.7 Å². The summed E-state index contributed by atoms with van der Waals surface area (Å²) in [4.78, 5) is 12.0. The molecule has 0 aromatic carbocycles. The molecule has 3 fully saturated rings. The first-order chi connectivity index (χ1) is 16.6. The predicted molar refractivity (Wildman–Crippen MR) is 127 cm³/mol. The zero-order chi connectivity index (χ0) is 26.9. The van der Waals surface area contributed by atoms with Gasteiger partial charge in [-0.15, -0.1) is 0 Å². The summed E-state index contributed by atoms with van der Waals surface area (Å²) in [6.07, 6.45) is -1.13. The fourth-order valence-corrected chi connectivity index (χ4v) is 5.00. The van der Waals surface area contributed by atoms with Gasteiger partial charge in [0.25, 0.3) is 0 Å². The molecule has 0 bridgehead atoms. The number of carbonyl (C=O) groups is 1. The van der Waals surface area contributed by atoms with Crippen molar-refractivity contribution in [2.75, 3.05) is 6.61 Å². The van der Waals surface area contributed by atoms with Crippen molar-refractivity contribution in [3.63, 3.8) is 0 Å². The standard InChI is InChI=1S/C26H38F3NO6/c1-15-12-19(30-22(32)11-6-16(2)31)17(3)35-20(15)9-7-18(26(27,28)29)8-10-21-23(33)25(14-34-25)13-24(4,5)36-21/h6-8,10-11,15-17,19-21,23,31,33H,9,12-14H2,1-5H3,(H,30,32)/b10-8+,11-6-,18-7-/t15-,16+,17+,19+,20-,21+,23+,25+/m0/s1. The van der Waals surface area contributed by atoms with E-state index in [1.165, 1.54) is 25.2 Å². The quantitative estimate of drug-likeness (QED) is 0.272. The second-order valence-electron chi connectivity index (χ2n) is 10.9. The Morgan fingerprint density at radius 1 is 1.25 bits per heavy atom. The van der Waals surface area contributed by atoms with Crippen LogP contribution in [0.2, 0.25) is 0 Å². The third-order valence-corrected chi connectivity index (χ3v) is 6.98. The van der Waals surface area contributed by atoms with Gasteiger partial charge >= 0.3 is 6.18 Å². The molecule has 0 aromatic heterocycles. The monoisotopic (exact) mass is 517 g/mol. The maximum atomic E-state index is 13.8. The molecule has 0 radical (unpaired) electrons. The van der Waals surface area contributed by atoms with E-state index in [0.717, 1.165) is 12.2 Å². The molecule has 8 atom stereocenters. The van der Waals surface area contributed by atoms with E-state index < -0.39 is 53.5 Å². The normalized spacial score (nSPS) is 38.0. The lowest BCUT2D eigenvalue weighted by atomic mass is 9.83. The molecule has 36 heavy (non-hydrogen) atoms. The summed E-state index contributed by atoms with van der Waals surface area (Å²) < 4.78 is 58.6. The summed E-state index contributed by atoms with van der Waals surface area (Å²) in [5.41, 5.74) is -2.22. The number of ether oxygens (including phenoxy) is 3. The Bertz CT molecular complexity index is 877. The molecule has 204 valence electrons. The highest BCUT2D eigenvalue weighted by Gasteiger charge is 2.60. The molecule has 3 aliphatic rings. The van der Waals surface area contributed by atoms with Crippen LogP contribution in [0.1, 0.15) is 53.9 Å². The van der Waals surface area contributed by atoms with Crippen LogP contribution in [0.4, 0.5) is 13.2 Å². The molecule has 3 heterocycles. The number of halogens is 3. The number of carbonyl (C=O) groups excluding carboxylic acids is 1. The van der Waals surface area contributed by atoms with Gasteiger partial charge in [-0.25, -0.2) is 0 Å². The number of aliphatic hydroxyl groups is 2. The minimum Gasteiger partial charge on any atom is -0.389 e. The van der Waals surface area contributed by atoms with Crippen LogP contribution >= 0.6 is 0 Å². The fourth-order valence-electron chi connectivity index (χ4n) is 5.00. The molecule has 3 aliphatic heterocycles. The number of nitrogens with one attached hydrogen (secondary N) is 1. The average molecular weight is 518 g/mol. The van der Waals surface area contributed by atoms with Gasteiger partial charge in [-0.1, -0.05) is 31.2 Å². The lowest BCUT2D eigenvalue weighted by Gasteiger charge is -2.41. The van der Waals surface area contributed by atoms with Crippen LogP contribution in [-0.2, 0) is 19.0 Å². The number of amides is 1. The maximum absolute atomic E-state index is 13.8. The first-order valence-corrected chi connectivity index (χ1v) is 12.4. The zero-order valence-electron chi connectivity index (χ0n) is 21.4. The zero-order valence-corrected chi connectivity index (χ0v) is 21.4. The van der Waals surface area contributed by atoms with Gasteiger partial charge in [-0.2, -0.15) is 13.2 Å². The molecule has 3 rings (SSSR count). The smallest absolute Gasteiger partial charge is 0.389 e. The molecule has 3 N–H and O–H groups in total. The van der Waals surface area contributed by atoms with Gasteiger partial charge in [0.15, 0.2) is 0 Å². The third kappa shape index (κ3) is 7.41. The first-order valence-electron chi connectivity index (χ1n) is 12.4. The Balaban J connectivity index is 1.65. The van der Waals surface area contributed by atoms with E-state index in [0.29, 0.717) is 19.4 Å². The van der Waals surface area contributed by atoms with Crippen LogP contribution in [0, 0.1) is 5.92 Å². The Morgan fingerprint density at radius 3 is 2.50 bits per heavy atom. The number of hydrogen-bond acceptors (Lipinski definition) is 6. The molecule has 3 saturated heterocycles. The van der Waals surface area contributed by atoms with Crippen LogP contribution in [0.15, 0.2) is 36.0 Å². The van der Waals surface area contributed by atoms with Gasteiger partial charge in [0.2, 0.25) is 5.91 Å². The Morgan fingerprint density at radius 2 is 1.92 bits per heavy atom. The first kappa shape index (κ1) is 28.8. The average Bonchev–Trinajstić information content (AvgIpc) is 3.51. The lowest BCUT2D eigenvalue weighted by Crippen LogP contribution is -2.53. The lowest BCUT2D eigenvalue weighted by molar-refractivity contribution is -0.171. The highest BCUT2D eigenvalue weighted by Crippen LogP contribution is 2.46. The summed E-state index contributed by atoms with van der Waals surface area (Å²) in [7, 11) is 0. The van der Waals surface area contributed by atoms with Crippen molar-refractivity contribution in [1.29, 1.82) is 0 Å². The van der Waals surface area contributed by atoms with Gasteiger partial charge in [-0.3, -0.25) is 4.79 Å². The van der Waals surface area contributed by atoms with Crippen molar-refractivity contribution in [2.45, 2.75) is 108 Å². The summed E-state index contributed by atoms with van der Waals surface area (Å²) >= 11 is 0. The second-order valence-corrected chi connectivity index (χ2v) is 10.9. The molecule has 10 heteroatoms. The highest BCUT2D eigenvalue weighted by molar-refractivity contribution is 5.87. The number of alkyl halides is 3.